The molecular formula is C19H21N3O3. The van der Waals surface area contributed by atoms with Gasteiger partial charge in [-0.1, -0.05) is 29.4 Å². The van der Waals surface area contributed by atoms with E-state index in [0.717, 1.165) is 11.1 Å². The van der Waals surface area contributed by atoms with E-state index in [4.69, 9.17) is 4.84 Å². The van der Waals surface area contributed by atoms with E-state index in [1.807, 2.05) is 31.2 Å². The molecule has 0 aliphatic rings. The van der Waals surface area contributed by atoms with Gasteiger partial charge in [-0.2, -0.15) is 0 Å². The number of nitrogens with one attached hydrogen (secondary N) is 1. The van der Waals surface area contributed by atoms with Crippen molar-refractivity contribution in [3.05, 3.63) is 65.2 Å². The number of hydrogen-bond acceptors (Lipinski definition) is 4. The molecular weight excluding hydrogens is 318 g/mol. The molecule has 130 valence electrons. The highest BCUT2D eigenvalue weighted by molar-refractivity contribution is 5.95. The topological polar surface area (TPSA) is 71.0 Å². The predicted octanol–water partition coefficient (Wildman–Crippen LogP) is 2.69. The normalized spacial score (nSPS) is 10.5. The lowest BCUT2D eigenvalue weighted by atomic mass is 10.1. The fraction of sp³-hybridized carbons (Fsp3) is 0.211. The highest BCUT2D eigenvalue weighted by atomic mass is 16.6. The second-order valence-corrected chi connectivity index (χ2v) is 5.69. The number of amides is 2. The number of nitrogens with zero attached hydrogens (tertiary/aromatic N) is 2. The van der Waals surface area contributed by atoms with Crippen LogP contribution in [0.15, 0.2) is 53.7 Å². The van der Waals surface area contributed by atoms with Crippen molar-refractivity contribution >= 4 is 23.7 Å². The van der Waals surface area contributed by atoms with Crippen molar-refractivity contribution in [2.45, 2.75) is 6.92 Å². The monoisotopic (exact) mass is 339 g/mol. The van der Waals surface area contributed by atoms with E-state index >= 15 is 0 Å². The van der Waals surface area contributed by atoms with Crippen molar-refractivity contribution < 1.29 is 14.4 Å². The lowest BCUT2D eigenvalue weighted by Crippen LogP contribution is -2.21. The molecule has 0 bridgehead atoms. The average Bonchev–Trinajstić information content (AvgIpc) is 2.60. The van der Waals surface area contributed by atoms with Crippen LogP contribution in [0.1, 0.15) is 21.5 Å². The van der Waals surface area contributed by atoms with Gasteiger partial charge in [-0.05, 0) is 42.3 Å². The number of carbonyl (C=O) groups excluding carboxylic acids is 2. The Morgan fingerprint density at radius 1 is 1.12 bits per heavy atom. The second kappa shape index (κ2) is 8.63. The zero-order valence-electron chi connectivity index (χ0n) is 14.5. The van der Waals surface area contributed by atoms with Crippen LogP contribution in [-0.2, 0) is 9.63 Å². The number of oxime groups is 1. The Morgan fingerprint density at radius 2 is 1.80 bits per heavy atom. The van der Waals surface area contributed by atoms with Crippen LogP contribution in [-0.4, -0.2) is 43.6 Å². The van der Waals surface area contributed by atoms with Crippen molar-refractivity contribution in [1.29, 1.82) is 0 Å². The quantitative estimate of drug-likeness (QED) is 0.650. The maximum Gasteiger partial charge on any atom is 0.265 e. The minimum absolute atomic E-state index is 0.0910. The van der Waals surface area contributed by atoms with Gasteiger partial charge in [-0.25, -0.2) is 0 Å². The molecule has 0 saturated heterocycles. The fourth-order valence-electron chi connectivity index (χ4n) is 2.07. The van der Waals surface area contributed by atoms with E-state index < -0.39 is 0 Å². The third-order valence-electron chi connectivity index (χ3n) is 3.47. The maximum atomic E-state index is 11.8. The summed E-state index contributed by atoms with van der Waals surface area (Å²) < 4.78 is 0. The largest absolute Gasteiger partial charge is 0.386 e. The summed E-state index contributed by atoms with van der Waals surface area (Å²) in [7, 11) is 3.37. The Bertz CT molecular complexity index is 768. The van der Waals surface area contributed by atoms with Crippen molar-refractivity contribution in [1.82, 2.24) is 4.90 Å². The minimum atomic E-state index is -0.325. The first-order valence-electron chi connectivity index (χ1n) is 7.80. The molecule has 0 saturated carbocycles. The van der Waals surface area contributed by atoms with E-state index in [-0.39, 0.29) is 18.4 Å². The van der Waals surface area contributed by atoms with Crippen LogP contribution < -0.4 is 5.32 Å². The summed E-state index contributed by atoms with van der Waals surface area (Å²) in [6.45, 7) is 1.78. The lowest BCUT2D eigenvalue weighted by molar-refractivity contribution is -0.120. The van der Waals surface area contributed by atoms with Gasteiger partial charge in [0.05, 0.1) is 6.21 Å². The molecule has 0 spiro atoms. The van der Waals surface area contributed by atoms with Gasteiger partial charge in [0.2, 0.25) is 0 Å². The number of aryl methyl sites for hydroxylation is 1. The number of anilines is 1. The van der Waals surface area contributed by atoms with Gasteiger partial charge in [0, 0.05) is 25.3 Å². The molecule has 1 N–H and O–H groups in total. The smallest absolute Gasteiger partial charge is 0.265 e. The first-order valence-corrected chi connectivity index (χ1v) is 7.80. The van der Waals surface area contributed by atoms with E-state index in [9.17, 15) is 9.59 Å². The molecule has 0 fully saturated rings. The Balaban J connectivity index is 1.82. The zero-order chi connectivity index (χ0) is 18.2. The van der Waals surface area contributed by atoms with Crippen LogP contribution in [0.5, 0.6) is 0 Å². The molecule has 0 radical (unpaired) electrons. The molecule has 0 unspecified atom stereocenters. The number of carbonyl (C=O) groups is 2. The third kappa shape index (κ3) is 5.46. The van der Waals surface area contributed by atoms with Crippen molar-refractivity contribution in [2.75, 3.05) is 26.0 Å². The molecule has 0 aliphatic carbocycles. The molecule has 6 nitrogen and oxygen atoms in total. The van der Waals surface area contributed by atoms with E-state index in [1.54, 1.807) is 44.6 Å². The van der Waals surface area contributed by atoms with E-state index in [0.29, 0.717) is 11.3 Å². The molecule has 0 aromatic heterocycles. The van der Waals surface area contributed by atoms with Gasteiger partial charge in [0.1, 0.15) is 0 Å². The van der Waals surface area contributed by atoms with Gasteiger partial charge < -0.3 is 15.1 Å². The SMILES string of the molecule is Cc1ccccc1/C=N/OCC(=O)Nc1ccc(C(=O)N(C)C)cc1. The molecule has 2 amide bonds. The van der Waals surface area contributed by atoms with Crippen LogP contribution in [0.3, 0.4) is 0 Å². The van der Waals surface area contributed by atoms with Gasteiger partial charge in [-0.3, -0.25) is 9.59 Å². The molecule has 2 aromatic rings. The molecule has 0 heterocycles. The summed E-state index contributed by atoms with van der Waals surface area (Å²) in [4.78, 5) is 30.1. The molecule has 2 aromatic carbocycles. The summed E-state index contributed by atoms with van der Waals surface area (Å²) in [5.74, 6) is -0.416. The summed E-state index contributed by atoms with van der Waals surface area (Å²) in [5, 5.41) is 6.49. The van der Waals surface area contributed by atoms with Crippen LogP contribution in [0.2, 0.25) is 0 Å². The Hall–Kier alpha value is -3.15. The van der Waals surface area contributed by atoms with Crippen LogP contribution in [0.25, 0.3) is 0 Å². The van der Waals surface area contributed by atoms with Gasteiger partial charge in [-0.15, -0.1) is 0 Å². The summed E-state index contributed by atoms with van der Waals surface area (Å²) >= 11 is 0. The Kier molecular flexibility index (Phi) is 6.28. The van der Waals surface area contributed by atoms with E-state index in [2.05, 4.69) is 10.5 Å². The fourth-order valence-corrected chi connectivity index (χ4v) is 2.07. The Labute approximate surface area is 147 Å². The van der Waals surface area contributed by atoms with Crippen molar-refractivity contribution in [2.24, 2.45) is 5.16 Å². The van der Waals surface area contributed by atoms with Gasteiger partial charge in [0.15, 0.2) is 6.61 Å². The first kappa shape index (κ1) is 18.2. The highest BCUT2D eigenvalue weighted by Gasteiger charge is 2.08. The number of rotatable bonds is 6. The predicted molar refractivity (Wildman–Crippen MR) is 97.8 cm³/mol. The van der Waals surface area contributed by atoms with Gasteiger partial charge >= 0.3 is 0 Å². The highest BCUT2D eigenvalue weighted by Crippen LogP contribution is 2.11. The Morgan fingerprint density at radius 3 is 2.44 bits per heavy atom. The molecule has 6 heteroatoms. The molecule has 2 rings (SSSR count). The lowest BCUT2D eigenvalue weighted by Gasteiger charge is -2.10. The minimum Gasteiger partial charge on any atom is -0.386 e. The van der Waals surface area contributed by atoms with Crippen LogP contribution in [0, 0.1) is 6.92 Å². The average molecular weight is 339 g/mol. The first-order chi connectivity index (χ1) is 12.0. The van der Waals surface area contributed by atoms with Crippen molar-refractivity contribution in [3.63, 3.8) is 0 Å². The van der Waals surface area contributed by atoms with Crippen LogP contribution >= 0.6 is 0 Å². The van der Waals surface area contributed by atoms with Crippen molar-refractivity contribution in [3.8, 4) is 0 Å². The maximum absolute atomic E-state index is 11.8. The summed E-state index contributed by atoms with van der Waals surface area (Å²) in [6.07, 6.45) is 1.57. The summed E-state index contributed by atoms with van der Waals surface area (Å²) in [5.41, 5.74) is 3.16. The third-order valence-corrected chi connectivity index (χ3v) is 3.47. The summed E-state index contributed by atoms with van der Waals surface area (Å²) in [6, 6.07) is 14.4. The molecule has 25 heavy (non-hydrogen) atoms. The second-order valence-electron chi connectivity index (χ2n) is 5.69. The van der Waals surface area contributed by atoms with E-state index in [1.165, 1.54) is 4.90 Å². The van der Waals surface area contributed by atoms with Gasteiger partial charge in [0.25, 0.3) is 11.8 Å². The molecule has 0 atom stereocenters. The number of hydrogen-bond donors (Lipinski definition) is 1. The molecule has 0 aliphatic heterocycles. The number of benzene rings is 2. The van der Waals surface area contributed by atoms with Crippen LogP contribution in [0.4, 0.5) is 5.69 Å². The standard InChI is InChI=1S/C19H21N3O3/c1-14-6-4-5-7-16(14)12-20-25-13-18(23)21-17-10-8-15(9-11-17)19(24)22(2)3/h4-12H,13H2,1-3H3,(H,21,23)/b20-12+. The zero-order valence-corrected chi connectivity index (χ0v) is 14.5.